The molecule has 1 saturated heterocycles. The minimum absolute atomic E-state index is 0.212. The average molecular weight is 252 g/mol. The molecule has 1 fully saturated rings. The van der Waals surface area contributed by atoms with Gasteiger partial charge in [-0.15, -0.1) is 0 Å². The number of rotatable bonds is 4. The Bertz CT molecular complexity index is 473. The molecule has 0 bridgehead atoms. The predicted molar refractivity (Wildman–Crippen MR) is 70.3 cm³/mol. The van der Waals surface area contributed by atoms with Crippen molar-refractivity contribution in [3.63, 3.8) is 0 Å². The quantitative estimate of drug-likeness (QED) is 0.802. The third kappa shape index (κ3) is 2.33. The summed E-state index contributed by atoms with van der Waals surface area (Å²) in [5.41, 5.74) is -0.0194. The molecule has 0 radical (unpaired) electrons. The molecule has 18 heavy (non-hydrogen) atoms. The molecule has 0 amide bonds. The van der Waals surface area contributed by atoms with Gasteiger partial charge in [0.1, 0.15) is 0 Å². The maximum Gasteiger partial charge on any atom is 0.295 e. The van der Waals surface area contributed by atoms with Crippen LogP contribution in [0.2, 0.25) is 0 Å². The van der Waals surface area contributed by atoms with Gasteiger partial charge in [0.25, 0.3) is 5.56 Å². The van der Waals surface area contributed by atoms with E-state index in [4.69, 9.17) is 4.74 Å². The Labute approximate surface area is 106 Å². The fourth-order valence-electron chi connectivity index (χ4n) is 2.56. The third-order valence-corrected chi connectivity index (χ3v) is 3.46. The van der Waals surface area contributed by atoms with Crippen molar-refractivity contribution in [2.45, 2.75) is 13.3 Å². The van der Waals surface area contributed by atoms with E-state index in [0.29, 0.717) is 11.6 Å². The highest BCUT2D eigenvalue weighted by Gasteiger charge is 2.35. The van der Waals surface area contributed by atoms with Crippen LogP contribution in [0.25, 0.3) is 0 Å². The van der Waals surface area contributed by atoms with E-state index in [2.05, 4.69) is 27.1 Å². The number of hydrogen-bond acceptors (Lipinski definition) is 5. The van der Waals surface area contributed by atoms with Gasteiger partial charge in [0.05, 0.1) is 13.4 Å². The van der Waals surface area contributed by atoms with Crippen molar-refractivity contribution in [1.29, 1.82) is 0 Å². The normalized spacial score (nSPS) is 23.4. The second-order valence-electron chi connectivity index (χ2n) is 5.10. The minimum atomic E-state index is -0.232. The molecule has 0 aliphatic carbocycles. The zero-order chi connectivity index (χ0) is 13.2. The van der Waals surface area contributed by atoms with Crippen molar-refractivity contribution in [2.24, 2.45) is 5.41 Å². The molecule has 2 N–H and O–H groups in total. The lowest BCUT2D eigenvalue weighted by molar-refractivity contribution is 0.355. The second-order valence-corrected chi connectivity index (χ2v) is 5.10. The van der Waals surface area contributed by atoms with Crippen LogP contribution in [0.1, 0.15) is 13.3 Å². The summed E-state index contributed by atoms with van der Waals surface area (Å²) in [6, 6.07) is 0. The zero-order valence-electron chi connectivity index (χ0n) is 11.1. The van der Waals surface area contributed by atoms with Crippen LogP contribution in [0, 0.1) is 5.41 Å². The van der Waals surface area contributed by atoms with Crippen LogP contribution in [0.3, 0.4) is 0 Å². The first-order valence-corrected chi connectivity index (χ1v) is 6.11. The van der Waals surface area contributed by atoms with E-state index >= 15 is 0 Å². The fourth-order valence-corrected chi connectivity index (χ4v) is 2.56. The highest BCUT2D eigenvalue weighted by atomic mass is 16.5. The van der Waals surface area contributed by atoms with Crippen molar-refractivity contribution in [1.82, 2.24) is 15.3 Å². The van der Waals surface area contributed by atoms with E-state index < -0.39 is 0 Å². The van der Waals surface area contributed by atoms with Gasteiger partial charge in [0.15, 0.2) is 5.82 Å². The Balaban J connectivity index is 2.24. The fraction of sp³-hybridized carbons (Fsp3) is 0.667. The van der Waals surface area contributed by atoms with Crippen LogP contribution in [-0.2, 0) is 0 Å². The highest BCUT2D eigenvalue weighted by Crippen LogP contribution is 2.34. The molecule has 1 atom stereocenters. The van der Waals surface area contributed by atoms with Gasteiger partial charge in [0.2, 0.25) is 5.75 Å². The van der Waals surface area contributed by atoms with Crippen LogP contribution in [-0.4, -0.2) is 43.8 Å². The van der Waals surface area contributed by atoms with Crippen molar-refractivity contribution in [3.8, 4) is 5.75 Å². The molecule has 2 rings (SSSR count). The number of anilines is 1. The smallest absolute Gasteiger partial charge is 0.295 e. The molecule has 6 nitrogen and oxygen atoms in total. The molecule has 1 aliphatic heterocycles. The van der Waals surface area contributed by atoms with Gasteiger partial charge in [-0.3, -0.25) is 4.79 Å². The highest BCUT2D eigenvalue weighted by molar-refractivity contribution is 5.51. The molecular weight excluding hydrogens is 232 g/mol. The number of H-pyrrole nitrogens is 1. The number of aromatic nitrogens is 2. The molecule has 0 aromatic carbocycles. The van der Waals surface area contributed by atoms with E-state index in [0.717, 1.165) is 26.1 Å². The van der Waals surface area contributed by atoms with Crippen LogP contribution < -0.4 is 20.5 Å². The number of nitrogens with one attached hydrogen (secondary N) is 2. The Hall–Kier alpha value is -1.56. The maximum atomic E-state index is 11.7. The Morgan fingerprint density at radius 2 is 2.44 bits per heavy atom. The average Bonchev–Trinajstić information content (AvgIpc) is 2.72. The van der Waals surface area contributed by atoms with E-state index in [9.17, 15) is 4.79 Å². The molecule has 1 aromatic rings. The van der Waals surface area contributed by atoms with Crippen LogP contribution in [0.4, 0.5) is 5.82 Å². The van der Waals surface area contributed by atoms with E-state index in [-0.39, 0.29) is 11.0 Å². The first kappa shape index (κ1) is 12.9. The topological polar surface area (TPSA) is 70.2 Å². The van der Waals surface area contributed by atoms with Crippen LogP contribution in [0.5, 0.6) is 5.75 Å². The summed E-state index contributed by atoms with van der Waals surface area (Å²) in [6.07, 6.45) is 2.50. The van der Waals surface area contributed by atoms with E-state index in [1.165, 1.54) is 13.4 Å². The van der Waals surface area contributed by atoms with Gasteiger partial charge < -0.3 is 19.9 Å². The standard InChI is InChI=1S/C12H20N4O2/c1-12(6-13-2)4-5-16(7-12)10-9(18-3)11(17)15-8-14-10/h8,13H,4-7H2,1-3H3,(H,14,15,17). The molecule has 1 unspecified atom stereocenters. The number of hydrogen-bond donors (Lipinski definition) is 2. The van der Waals surface area contributed by atoms with Crippen molar-refractivity contribution in [3.05, 3.63) is 16.7 Å². The molecule has 6 heteroatoms. The minimum Gasteiger partial charge on any atom is -0.489 e. The predicted octanol–water partition coefficient (Wildman–Crippen LogP) is 0.214. The number of methoxy groups -OCH3 is 1. The molecular formula is C12H20N4O2. The van der Waals surface area contributed by atoms with Gasteiger partial charge in [-0.2, -0.15) is 0 Å². The summed E-state index contributed by atoms with van der Waals surface area (Å²) in [4.78, 5) is 20.5. The molecule has 1 aliphatic rings. The lowest BCUT2D eigenvalue weighted by Crippen LogP contribution is -2.33. The van der Waals surface area contributed by atoms with Gasteiger partial charge in [-0.25, -0.2) is 4.98 Å². The SMILES string of the molecule is CNCC1(C)CCN(c2nc[nH]c(=O)c2OC)C1. The van der Waals surface area contributed by atoms with Gasteiger partial charge in [-0.1, -0.05) is 6.92 Å². The molecule has 1 aromatic heterocycles. The van der Waals surface area contributed by atoms with E-state index in [1.54, 1.807) is 0 Å². The zero-order valence-corrected chi connectivity index (χ0v) is 11.1. The molecule has 2 heterocycles. The second kappa shape index (κ2) is 4.97. The lowest BCUT2D eigenvalue weighted by atomic mass is 9.90. The maximum absolute atomic E-state index is 11.7. The summed E-state index contributed by atoms with van der Waals surface area (Å²) < 4.78 is 5.15. The summed E-state index contributed by atoms with van der Waals surface area (Å²) in [5.74, 6) is 0.937. The van der Waals surface area contributed by atoms with Crippen LogP contribution >= 0.6 is 0 Å². The Morgan fingerprint density at radius 3 is 3.11 bits per heavy atom. The number of aromatic amines is 1. The lowest BCUT2D eigenvalue weighted by Gasteiger charge is -2.25. The number of ether oxygens (including phenoxy) is 1. The molecule has 0 saturated carbocycles. The van der Waals surface area contributed by atoms with E-state index in [1.807, 2.05) is 7.05 Å². The van der Waals surface area contributed by atoms with Gasteiger partial charge in [-0.05, 0) is 18.9 Å². The first-order valence-electron chi connectivity index (χ1n) is 6.11. The summed E-state index contributed by atoms with van der Waals surface area (Å²) in [5, 5.41) is 3.22. The summed E-state index contributed by atoms with van der Waals surface area (Å²) in [7, 11) is 3.46. The summed E-state index contributed by atoms with van der Waals surface area (Å²) in [6.45, 7) is 4.96. The Kier molecular flexibility index (Phi) is 3.56. The third-order valence-electron chi connectivity index (χ3n) is 3.46. The molecule has 0 spiro atoms. The summed E-state index contributed by atoms with van der Waals surface area (Å²) >= 11 is 0. The first-order chi connectivity index (χ1) is 8.59. The number of nitrogens with zero attached hydrogens (tertiary/aromatic N) is 2. The van der Waals surface area contributed by atoms with Gasteiger partial charge >= 0.3 is 0 Å². The van der Waals surface area contributed by atoms with Crippen molar-refractivity contribution >= 4 is 5.82 Å². The van der Waals surface area contributed by atoms with Crippen molar-refractivity contribution in [2.75, 3.05) is 38.7 Å². The van der Waals surface area contributed by atoms with Gasteiger partial charge in [0, 0.05) is 19.6 Å². The Morgan fingerprint density at radius 1 is 1.67 bits per heavy atom. The van der Waals surface area contributed by atoms with Crippen LogP contribution in [0.15, 0.2) is 11.1 Å². The molecule has 100 valence electrons. The monoisotopic (exact) mass is 252 g/mol. The van der Waals surface area contributed by atoms with Crippen molar-refractivity contribution < 1.29 is 4.74 Å². The largest absolute Gasteiger partial charge is 0.489 e.